The Kier molecular flexibility index (Phi) is 5.52. The molecular weight excluding hydrogens is 288 g/mol. The molecule has 1 heterocycles. The van der Waals surface area contributed by atoms with E-state index in [2.05, 4.69) is 0 Å². The highest BCUT2D eigenvalue weighted by Crippen LogP contribution is 2.38. The second-order valence-corrected chi connectivity index (χ2v) is 4.67. The first-order valence-electron chi connectivity index (χ1n) is 6.98. The molecule has 1 aliphatic heterocycles. The minimum Gasteiger partial charge on any atom is -0.493 e. The van der Waals surface area contributed by atoms with Crippen LogP contribution in [0.1, 0.15) is 18.4 Å². The summed E-state index contributed by atoms with van der Waals surface area (Å²) in [5.74, 6) is 1.34. The highest BCUT2D eigenvalue weighted by atomic mass is 16.6. The fourth-order valence-corrected chi connectivity index (χ4v) is 2.14. The summed E-state index contributed by atoms with van der Waals surface area (Å²) in [4.78, 5) is 11.9. The molecule has 0 unspecified atom stereocenters. The van der Waals surface area contributed by atoms with Gasteiger partial charge in [-0.25, -0.2) is 4.79 Å². The molecular formula is C16H20O6. The molecule has 0 N–H and O–H groups in total. The second kappa shape index (κ2) is 7.59. The molecule has 0 radical (unpaired) electrons. The quantitative estimate of drug-likeness (QED) is 0.752. The van der Waals surface area contributed by atoms with Crippen LogP contribution in [0.4, 0.5) is 0 Å². The number of ether oxygens (including phenoxy) is 5. The molecule has 0 aromatic heterocycles. The van der Waals surface area contributed by atoms with Crippen LogP contribution in [0.3, 0.4) is 0 Å². The molecule has 0 saturated heterocycles. The number of esters is 1. The van der Waals surface area contributed by atoms with Gasteiger partial charge in [-0.2, -0.15) is 0 Å². The van der Waals surface area contributed by atoms with Gasteiger partial charge in [-0.3, -0.25) is 0 Å². The normalized spacial score (nSPS) is 13.7. The lowest BCUT2D eigenvalue weighted by Gasteiger charge is -2.16. The Bertz CT molecular complexity index is 539. The van der Waals surface area contributed by atoms with Gasteiger partial charge in [0.05, 0.1) is 27.9 Å². The van der Waals surface area contributed by atoms with Crippen LogP contribution in [0.25, 0.3) is 0 Å². The lowest BCUT2D eigenvalue weighted by Crippen LogP contribution is -2.14. The molecule has 0 aliphatic carbocycles. The van der Waals surface area contributed by atoms with Gasteiger partial charge in [-0.05, 0) is 36.6 Å². The maximum atomic E-state index is 11.9. The monoisotopic (exact) mass is 308 g/mol. The van der Waals surface area contributed by atoms with Crippen molar-refractivity contribution in [3.63, 3.8) is 0 Å². The number of rotatable bonds is 6. The van der Waals surface area contributed by atoms with Crippen LogP contribution < -0.4 is 14.2 Å². The van der Waals surface area contributed by atoms with Crippen LogP contribution in [0.5, 0.6) is 17.2 Å². The zero-order valence-corrected chi connectivity index (χ0v) is 13.0. The van der Waals surface area contributed by atoms with Crippen molar-refractivity contribution in [3.8, 4) is 17.2 Å². The molecule has 6 nitrogen and oxygen atoms in total. The van der Waals surface area contributed by atoms with E-state index in [1.807, 2.05) is 0 Å². The van der Waals surface area contributed by atoms with E-state index in [1.54, 1.807) is 18.2 Å². The molecule has 0 fully saturated rings. The fourth-order valence-electron chi connectivity index (χ4n) is 2.14. The molecule has 120 valence electrons. The van der Waals surface area contributed by atoms with E-state index < -0.39 is 5.97 Å². The Labute approximate surface area is 129 Å². The number of methoxy groups -OCH3 is 3. The number of carbonyl (C=O) groups is 1. The van der Waals surface area contributed by atoms with Crippen molar-refractivity contribution in [2.45, 2.75) is 19.4 Å². The Hall–Kier alpha value is -2.37. The molecule has 6 heteroatoms. The summed E-state index contributed by atoms with van der Waals surface area (Å²) in [6.45, 7) is 0.640. The van der Waals surface area contributed by atoms with E-state index in [-0.39, 0.29) is 12.4 Å². The lowest BCUT2D eigenvalue weighted by atomic mass is 10.2. The van der Waals surface area contributed by atoms with E-state index in [9.17, 15) is 4.79 Å². The molecule has 2 rings (SSSR count). The minimum atomic E-state index is -0.464. The summed E-state index contributed by atoms with van der Waals surface area (Å²) in [6, 6.07) is 3.48. The SMILES string of the molecule is COc1cc(COC(=O)C2=CCCCO2)cc(OC)c1OC. The molecule has 0 bridgehead atoms. The fraction of sp³-hybridized carbons (Fsp3) is 0.438. The van der Waals surface area contributed by atoms with Crippen LogP contribution in [0.2, 0.25) is 0 Å². The Morgan fingerprint density at radius 1 is 1.14 bits per heavy atom. The summed E-state index contributed by atoms with van der Waals surface area (Å²) in [7, 11) is 4.61. The highest BCUT2D eigenvalue weighted by molar-refractivity contribution is 5.86. The average Bonchev–Trinajstić information content (AvgIpc) is 2.59. The van der Waals surface area contributed by atoms with Gasteiger partial charge in [-0.15, -0.1) is 0 Å². The van der Waals surface area contributed by atoms with E-state index in [0.717, 1.165) is 18.4 Å². The third kappa shape index (κ3) is 3.63. The van der Waals surface area contributed by atoms with Gasteiger partial charge in [0, 0.05) is 0 Å². The van der Waals surface area contributed by atoms with Crippen LogP contribution in [-0.4, -0.2) is 33.9 Å². The van der Waals surface area contributed by atoms with Crippen molar-refractivity contribution < 1.29 is 28.5 Å². The molecule has 22 heavy (non-hydrogen) atoms. The lowest BCUT2D eigenvalue weighted by molar-refractivity contribution is -0.144. The predicted molar refractivity (Wildman–Crippen MR) is 79.2 cm³/mol. The first-order chi connectivity index (χ1) is 10.7. The number of hydrogen-bond donors (Lipinski definition) is 0. The van der Waals surface area contributed by atoms with Crippen LogP contribution >= 0.6 is 0 Å². The Balaban J connectivity index is 2.09. The van der Waals surface area contributed by atoms with Crippen LogP contribution in [0, 0.1) is 0 Å². The summed E-state index contributed by atoms with van der Waals surface area (Å²) >= 11 is 0. The Morgan fingerprint density at radius 2 is 1.82 bits per heavy atom. The number of allylic oxidation sites excluding steroid dienone is 1. The molecule has 0 spiro atoms. The molecule has 0 amide bonds. The van der Waals surface area contributed by atoms with Crippen molar-refractivity contribution in [2.75, 3.05) is 27.9 Å². The number of carbonyl (C=O) groups excluding carboxylic acids is 1. The van der Waals surface area contributed by atoms with E-state index in [4.69, 9.17) is 23.7 Å². The molecule has 0 atom stereocenters. The van der Waals surface area contributed by atoms with Gasteiger partial charge in [0.25, 0.3) is 0 Å². The van der Waals surface area contributed by atoms with Crippen molar-refractivity contribution in [1.29, 1.82) is 0 Å². The van der Waals surface area contributed by atoms with Crippen molar-refractivity contribution in [3.05, 3.63) is 29.5 Å². The maximum Gasteiger partial charge on any atom is 0.373 e. The average molecular weight is 308 g/mol. The van der Waals surface area contributed by atoms with Crippen molar-refractivity contribution >= 4 is 5.97 Å². The topological polar surface area (TPSA) is 63.2 Å². The second-order valence-electron chi connectivity index (χ2n) is 4.67. The first-order valence-corrected chi connectivity index (χ1v) is 6.98. The third-order valence-corrected chi connectivity index (χ3v) is 3.23. The summed E-state index contributed by atoms with van der Waals surface area (Å²) in [5, 5.41) is 0. The smallest absolute Gasteiger partial charge is 0.373 e. The van der Waals surface area contributed by atoms with Crippen molar-refractivity contribution in [1.82, 2.24) is 0 Å². The van der Waals surface area contributed by atoms with E-state index in [1.165, 1.54) is 21.3 Å². The van der Waals surface area contributed by atoms with Gasteiger partial charge in [-0.1, -0.05) is 0 Å². The van der Waals surface area contributed by atoms with Gasteiger partial charge in [0.15, 0.2) is 11.5 Å². The van der Waals surface area contributed by atoms with Gasteiger partial charge in [0.2, 0.25) is 11.5 Å². The van der Waals surface area contributed by atoms with Gasteiger partial charge < -0.3 is 23.7 Å². The maximum absolute atomic E-state index is 11.9. The summed E-state index contributed by atoms with van der Waals surface area (Å²) < 4.78 is 26.3. The molecule has 1 aromatic rings. The molecule has 0 saturated carbocycles. The molecule has 1 aliphatic rings. The standard InChI is InChI=1S/C16H20O6/c1-18-13-8-11(9-14(19-2)15(13)20-3)10-22-16(17)12-6-4-5-7-21-12/h6,8-9H,4-5,7,10H2,1-3H3. The number of benzene rings is 1. The van der Waals surface area contributed by atoms with E-state index in [0.29, 0.717) is 23.9 Å². The largest absolute Gasteiger partial charge is 0.493 e. The third-order valence-electron chi connectivity index (χ3n) is 3.23. The van der Waals surface area contributed by atoms with E-state index >= 15 is 0 Å². The Morgan fingerprint density at radius 3 is 2.32 bits per heavy atom. The van der Waals surface area contributed by atoms with Gasteiger partial charge >= 0.3 is 5.97 Å². The zero-order valence-electron chi connectivity index (χ0n) is 13.0. The highest BCUT2D eigenvalue weighted by Gasteiger charge is 2.17. The van der Waals surface area contributed by atoms with Gasteiger partial charge in [0.1, 0.15) is 6.61 Å². The van der Waals surface area contributed by atoms with Crippen LogP contribution in [0.15, 0.2) is 24.0 Å². The molecule has 1 aromatic carbocycles. The predicted octanol–water partition coefficient (Wildman–Crippen LogP) is 2.45. The number of hydrogen-bond acceptors (Lipinski definition) is 6. The van der Waals surface area contributed by atoms with Crippen molar-refractivity contribution in [2.24, 2.45) is 0 Å². The minimum absolute atomic E-state index is 0.0935. The summed E-state index contributed by atoms with van der Waals surface area (Å²) in [6.07, 6.45) is 3.50. The summed E-state index contributed by atoms with van der Waals surface area (Å²) in [5.41, 5.74) is 0.735. The zero-order chi connectivity index (χ0) is 15.9. The first kappa shape index (κ1) is 16.0. The van der Waals surface area contributed by atoms with Crippen LogP contribution in [-0.2, 0) is 20.9 Å².